The van der Waals surface area contributed by atoms with Crippen molar-refractivity contribution in [3.8, 4) is 11.3 Å². The number of carbonyl (C=O) groups is 1. The lowest BCUT2D eigenvalue weighted by Crippen LogP contribution is -2.41. The molecule has 34 heavy (non-hydrogen) atoms. The highest BCUT2D eigenvalue weighted by Gasteiger charge is 2.18. The second-order valence-electron chi connectivity index (χ2n) is 8.92. The summed E-state index contributed by atoms with van der Waals surface area (Å²) < 4.78 is 7.15. The number of fused-ring (bicyclic) bond motifs is 1. The summed E-state index contributed by atoms with van der Waals surface area (Å²) in [4.78, 5) is 30.6. The van der Waals surface area contributed by atoms with Crippen LogP contribution in [0, 0.1) is 0 Å². The number of amides is 1. The molecule has 0 bridgehead atoms. The molecule has 3 aromatic heterocycles. The molecule has 0 saturated carbocycles. The predicted molar refractivity (Wildman–Crippen MR) is 130 cm³/mol. The average molecular weight is 465 g/mol. The van der Waals surface area contributed by atoms with Gasteiger partial charge in [0, 0.05) is 69.7 Å². The van der Waals surface area contributed by atoms with E-state index >= 15 is 0 Å². The third kappa shape index (κ3) is 5.02. The molecule has 2 saturated heterocycles. The predicted octanol–water partition coefficient (Wildman–Crippen LogP) is 1.87. The van der Waals surface area contributed by atoms with E-state index in [4.69, 9.17) is 9.72 Å². The molecule has 0 aliphatic carbocycles. The first-order valence-electron chi connectivity index (χ1n) is 12.2. The quantitative estimate of drug-likeness (QED) is 0.590. The molecule has 5 heterocycles. The van der Waals surface area contributed by atoms with Crippen LogP contribution >= 0.6 is 0 Å². The van der Waals surface area contributed by atoms with Crippen molar-refractivity contribution >= 4 is 22.8 Å². The summed E-state index contributed by atoms with van der Waals surface area (Å²) in [6.45, 7) is 6.73. The maximum atomic E-state index is 12.4. The van der Waals surface area contributed by atoms with E-state index in [2.05, 4.69) is 42.3 Å². The molecule has 2 aliphatic rings. The Morgan fingerprint density at radius 1 is 1.03 bits per heavy atom. The number of nitrogens with zero attached hydrogens (tertiary/aromatic N) is 7. The van der Waals surface area contributed by atoms with Crippen molar-refractivity contribution in [2.24, 2.45) is 7.05 Å². The van der Waals surface area contributed by atoms with E-state index in [1.165, 1.54) is 25.7 Å². The Morgan fingerprint density at radius 3 is 2.50 bits per heavy atom. The largest absolute Gasteiger partial charge is 0.379 e. The molecule has 2 fully saturated rings. The number of anilines is 1. The number of ether oxygens (including phenoxy) is 1. The number of nitrogens with one attached hydrogen (secondary N) is 1. The Hall–Kier alpha value is -3.11. The zero-order valence-corrected chi connectivity index (χ0v) is 19.7. The highest BCUT2D eigenvalue weighted by Crippen LogP contribution is 2.28. The molecule has 0 unspecified atom stereocenters. The smallest absolute Gasteiger partial charge is 0.289 e. The lowest BCUT2D eigenvalue weighted by atomic mass is 10.1. The molecule has 0 spiro atoms. The van der Waals surface area contributed by atoms with Crippen LogP contribution in [0.2, 0.25) is 0 Å². The zero-order valence-electron chi connectivity index (χ0n) is 19.7. The van der Waals surface area contributed by atoms with Crippen LogP contribution in [0.4, 0.5) is 5.82 Å². The molecule has 2 aliphatic heterocycles. The van der Waals surface area contributed by atoms with E-state index in [0.29, 0.717) is 6.54 Å². The standard InChI is InChI=1S/C24H32N8O2/c1-30-23-19(6-7-20(28-23)32-9-4-2-3-5-10-32)21(29-30)18-16-26-22(27-17-18)24(33)25-8-11-31-12-14-34-15-13-31/h6-7,16-17H,2-5,8-15H2,1H3,(H,25,33). The molecule has 180 valence electrons. The van der Waals surface area contributed by atoms with Crippen LogP contribution in [0.5, 0.6) is 0 Å². The van der Waals surface area contributed by atoms with E-state index in [0.717, 1.165) is 74.0 Å². The van der Waals surface area contributed by atoms with Gasteiger partial charge in [0.15, 0.2) is 5.65 Å². The fourth-order valence-corrected chi connectivity index (χ4v) is 4.61. The number of aromatic nitrogens is 5. The van der Waals surface area contributed by atoms with Crippen molar-refractivity contribution in [3.63, 3.8) is 0 Å². The molecular formula is C24H32N8O2. The second-order valence-corrected chi connectivity index (χ2v) is 8.92. The highest BCUT2D eigenvalue weighted by atomic mass is 16.5. The molecule has 3 aromatic rings. The Balaban J connectivity index is 1.27. The molecule has 5 rings (SSSR count). The number of hydrogen-bond acceptors (Lipinski definition) is 8. The van der Waals surface area contributed by atoms with Gasteiger partial charge in [-0.2, -0.15) is 5.10 Å². The number of pyridine rings is 1. The molecule has 10 heteroatoms. The third-order valence-corrected chi connectivity index (χ3v) is 6.55. The van der Waals surface area contributed by atoms with Crippen molar-refractivity contribution in [2.75, 3.05) is 57.4 Å². The van der Waals surface area contributed by atoms with Crippen LogP contribution < -0.4 is 10.2 Å². The van der Waals surface area contributed by atoms with Gasteiger partial charge in [0.2, 0.25) is 5.82 Å². The average Bonchev–Trinajstić information content (AvgIpc) is 3.03. The molecule has 0 radical (unpaired) electrons. The van der Waals surface area contributed by atoms with Crippen molar-refractivity contribution in [3.05, 3.63) is 30.4 Å². The van der Waals surface area contributed by atoms with Gasteiger partial charge in [-0.1, -0.05) is 12.8 Å². The fourth-order valence-electron chi connectivity index (χ4n) is 4.61. The minimum atomic E-state index is -0.269. The first kappa shape index (κ1) is 22.7. The van der Waals surface area contributed by atoms with Gasteiger partial charge in [0.25, 0.3) is 5.91 Å². The van der Waals surface area contributed by atoms with Gasteiger partial charge in [-0.25, -0.2) is 19.6 Å². The van der Waals surface area contributed by atoms with Gasteiger partial charge >= 0.3 is 0 Å². The normalized spacial score (nSPS) is 17.6. The summed E-state index contributed by atoms with van der Waals surface area (Å²) in [5, 5.41) is 8.53. The fraction of sp³-hybridized carbons (Fsp3) is 0.542. The Kier molecular flexibility index (Phi) is 6.96. The zero-order chi connectivity index (χ0) is 23.3. The molecule has 10 nitrogen and oxygen atoms in total. The number of aryl methyl sites for hydroxylation is 1. The lowest BCUT2D eigenvalue weighted by molar-refractivity contribution is 0.0383. The Morgan fingerprint density at radius 2 is 1.76 bits per heavy atom. The summed E-state index contributed by atoms with van der Waals surface area (Å²) in [5.41, 5.74) is 2.37. The first-order chi connectivity index (χ1) is 16.7. The van der Waals surface area contributed by atoms with Gasteiger partial charge in [0.05, 0.1) is 13.2 Å². The Labute approximate surface area is 199 Å². The first-order valence-corrected chi connectivity index (χ1v) is 12.2. The van der Waals surface area contributed by atoms with Gasteiger partial charge < -0.3 is 15.0 Å². The van der Waals surface area contributed by atoms with Crippen LogP contribution in [0.1, 0.15) is 36.3 Å². The number of hydrogen-bond donors (Lipinski definition) is 1. The second kappa shape index (κ2) is 10.4. The summed E-state index contributed by atoms with van der Waals surface area (Å²) >= 11 is 0. The lowest BCUT2D eigenvalue weighted by Gasteiger charge is -2.26. The van der Waals surface area contributed by atoms with Crippen LogP contribution in [-0.4, -0.2) is 88.0 Å². The van der Waals surface area contributed by atoms with Crippen LogP contribution in [0.15, 0.2) is 24.5 Å². The third-order valence-electron chi connectivity index (χ3n) is 6.55. The van der Waals surface area contributed by atoms with Crippen molar-refractivity contribution in [2.45, 2.75) is 25.7 Å². The number of rotatable bonds is 6. The van der Waals surface area contributed by atoms with E-state index in [1.807, 2.05) is 7.05 Å². The van der Waals surface area contributed by atoms with E-state index in [-0.39, 0.29) is 11.7 Å². The maximum Gasteiger partial charge on any atom is 0.289 e. The van der Waals surface area contributed by atoms with Gasteiger partial charge in [0.1, 0.15) is 11.5 Å². The van der Waals surface area contributed by atoms with Gasteiger partial charge in [-0.05, 0) is 25.0 Å². The number of carbonyl (C=O) groups excluding carboxylic acids is 1. The molecular weight excluding hydrogens is 432 g/mol. The molecule has 1 amide bonds. The molecule has 0 atom stereocenters. The Bertz CT molecular complexity index is 1120. The van der Waals surface area contributed by atoms with Crippen LogP contribution in [-0.2, 0) is 11.8 Å². The van der Waals surface area contributed by atoms with Crippen LogP contribution in [0.25, 0.3) is 22.3 Å². The van der Waals surface area contributed by atoms with E-state index < -0.39 is 0 Å². The van der Waals surface area contributed by atoms with Crippen LogP contribution in [0.3, 0.4) is 0 Å². The summed E-state index contributed by atoms with van der Waals surface area (Å²) in [7, 11) is 1.90. The summed E-state index contributed by atoms with van der Waals surface area (Å²) in [6.07, 6.45) is 8.32. The van der Waals surface area contributed by atoms with Crippen molar-refractivity contribution in [1.82, 2.24) is 34.9 Å². The molecule has 0 aromatic carbocycles. The maximum absolute atomic E-state index is 12.4. The SMILES string of the molecule is Cn1nc(-c2cnc(C(=O)NCCN3CCOCC3)nc2)c2ccc(N3CCCCCC3)nc21. The summed E-state index contributed by atoms with van der Waals surface area (Å²) in [5.74, 6) is 0.895. The van der Waals surface area contributed by atoms with Crippen molar-refractivity contribution in [1.29, 1.82) is 0 Å². The van der Waals surface area contributed by atoms with Gasteiger partial charge in [-0.15, -0.1) is 0 Å². The van der Waals surface area contributed by atoms with E-state index in [9.17, 15) is 4.79 Å². The number of morpholine rings is 1. The van der Waals surface area contributed by atoms with Crippen molar-refractivity contribution < 1.29 is 9.53 Å². The summed E-state index contributed by atoms with van der Waals surface area (Å²) in [6, 6.07) is 4.16. The minimum absolute atomic E-state index is 0.160. The van der Waals surface area contributed by atoms with Gasteiger partial charge in [-0.3, -0.25) is 9.69 Å². The minimum Gasteiger partial charge on any atom is -0.379 e. The van der Waals surface area contributed by atoms with E-state index in [1.54, 1.807) is 17.1 Å². The highest BCUT2D eigenvalue weighted by molar-refractivity contribution is 5.93. The topological polar surface area (TPSA) is 101 Å². The molecule has 1 N–H and O–H groups in total. The monoisotopic (exact) mass is 464 g/mol.